The van der Waals surface area contributed by atoms with Gasteiger partial charge in [0, 0.05) is 11.6 Å². The molecule has 0 saturated heterocycles. The molecule has 1 aromatic heterocycles. The largest absolute Gasteiger partial charge is 0.271 e. The summed E-state index contributed by atoms with van der Waals surface area (Å²) in [5.41, 5.74) is 4.85. The topological polar surface area (TPSA) is 55.9 Å². The van der Waals surface area contributed by atoms with E-state index < -0.39 is 0 Å². The lowest BCUT2D eigenvalue weighted by molar-refractivity contribution is 0.519. The Bertz CT molecular complexity index is 555. The summed E-state index contributed by atoms with van der Waals surface area (Å²) >= 11 is 9.58. The number of nitrogens with two attached hydrogens (primary N) is 1. The van der Waals surface area contributed by atoms with Gasteiger partial charge in [0.2, 0.25) is 0 Å². The number of hydrazine groups is 1. The van der Waals surface area contributed by atoms with Crippen LogP contribution in [0, 0.1) is 0 Å². The van der Waals surface area contributed by atoms with E-state index in [2.05, 4.69) is 33.4 Å². The van der Waals surface area contributed by atoms with Crippen LogP contribution < -0.4 is 11.3 Å². The second kappa shape index (κ2) is 6.52. The first-order valence-electron chi connectivity index (χ1n) is 6.10. The molecule has 4 nitrogen and oxygen atoms in total. The summed E-state index contributed by atoms with van der Waals surface area (Å²) in [5.74, 6) is 5.72. The van der Waals surface area contributed by atoms with Gasteiger partial charge in [0.15, 0.2) is 0 Å². The number of aromatic nitrogens is 2. The van der Waals surface area contributed by atoms with Gasteiger partial charge in [0.1, 0.15) is 0 Å². The van der Waals surface area contributed by atoms with Crippen LogP contribution in [0.25, 0.3) is 0 Å². The van der Waals surface area contributed by atoms with Crippen molar-refractivity contribution in [2.75, 3.05) is 0 Å². The molecule has 0 radical (unpaired) electrons. The zero-order valence-corrected chi connectivity index (χ0v) is 12.9. The van der Waals surface area contributed by atoms with Crippen LogP contribution in [0.4, 0.5) is 0 Å². The second-order valence-electron chi connectivity index (χ2n) is 4.26. The van der Waals surface area contributed by atoms with Crippen molar-refractivity contribution in [3.8, 4) is 0 Å². The number of hydrogen-bond donors (Lipinski definition) is 2. The zero-order valence-electron chi connectivity index (χ0n) is 10.6. The molecule has 0 amide bonds. The Balaban J connectivity index is 2.44. The zero-order chi connectivity index (χ0) is 13.8. The third kappa shape index (κ3) is 3.17. The number of benzene rings is 1. The van der Waals surface area contributed by atoms with Crippen LogP contribution in [-0.2, 0) is 6.54 Å². The average molecular weight is 344 g/mol. The monoisotopic (exact) mass is 342 g/mol. The van der Waals surface area contributed by atoms with Gasteiger partial charge in [0.25, 0.3) is 0 Å². The molecule has 19 heavy (non-hydrogen) atoms. The lowest BCUT2D eigenvalue weighted by Gasteiger charge is -2.19. The van der Waals surface area contributed by atoms with Crippen molar-refractivity contribution in [2.24, 2.45) is 5.84 Å². The molecule has 2 rings (SSSR count). The first kappa shape index (κ1) is 14.5. The third-order valence-electron chi connectivity index (χ3n) is 2.89. The number of halogens is 2. The van der Waals surface area contributed by atoms with Gasteiger partial charge >= 0.3 is 0 Å². The Morgan fingerprint density at radius 3 is 2.95 bits per heavy atom. The summed E-state index contributed by atoms with van der Waals surface area (Å²) in [4.78, 5) is 0. The first-order valence-corrected chi connectivity index (χ1v) is 7.27. The highest BCUT2D eigenvalue weighted by atomic mass is 79.9. The number of nitrogens with zero attached hydrogens (tertiary/aromatic N) is 2. The minimum absolute atomic E-state index is 0.151. The molecule has 0 spiro atoms. The molecule has 0 fully saturated rings. The van der Waals surface area contributed by atoms with Gasteiger partial charge in [-0.25, -0.2) is 5.43 Å². The van der Waals surface area contributed by atoms with E-state index in [1.807, 2.05) is 28.9 Å². The second-order valence-corrected chi connectivity index (χ2v) is 5.55. The third-order valence-corrected chi connectivity index (χ3v) is 3.74. The maximum absolute atomic E-state index is 6.05. The lowest BCUT2D eigenvalue weighted by atomic mass is 10.0. The molecule has 1 atom stereocenters. The molecular formula is C13H16BrClN4. The number of hydrogen-bond acceptors (Lipinski definition) is 3. The van der Waals surface area contributed by atoms with E-state index in [0.717, 1.165) is 28.7 Å². The van der Waals surface area contributed by atoms with E-state index in [1.54, 1.807) is 6.20 Å². The van der Waals surface area contributed by atoms with Crippen molar-refractivity contribution in [3.63, 3.8) is 0 Å². The molecule has 2 aromatic rings. The molecule has 1 heterocycles. The number of aryl methyl sites for hydroxylation is 1. The van der Waals surface area contributed by atoms with E-state index in [4.69, 9.17) is 17.4 Å². The van der Waals surface area contributed by atoms with Gasteiger partial charge in [-0.3, -0.25) is 10.5 Å². The van der Waals surface area contributed by atoms with Crippen LogP contribution >= 0.6 is 27.5 Å². The Labute approximate surface area is 126 Å². The van der Waals surface area contributed by atoms with Crippen LogP contribution in [0.15, 0.2) is 34.9 Å². The molecule has 0 aliphatic rings. The van der Waals surface area contributed by atoms with Crippen LogP contribution in [0.3, 0.4) is 0 Å². The molecule has 3 N–H and O–H groups in total. The van der Waals surface area contributed by atoms with Gasteiger partial charge in [-0.05, 0) is 40.0 Å². The molecule has 102 valence electrons. The van der Waals surface area contributed by atoms with Gasteiger partial charge in [-0.1, -0.05) is 30.7 Å². The quantitative estimate of drug-likeness (QED) is 0.647. The van der Waals surface area contributed by atoms with Crippen molar-refractivity contribution in [3.05, 3.63) is 51.2 Å². The number of rotatable bonds is 5. The maximum atomic E-state index is 6.05. The number of nitrogens with one attached hydrogen (secondary N) is 1. The van der Waals surface area contributed by atoms with E-state index in [9.17, 15) is 0 Å². The molecule has 0 aliphatic heterocycles. The summed E-state index contributed by atoms with van der Waals surface area (Å²) in [5, 5.41) is 5.05. The Morgan fingerprint density at radius 2 is 2.32 bits per heavy atom. The van der Waals surface area contributed by atoms with Gasteiger partial charge < -0.3 is 0 Å². The predicted octanol–water partition coefficient (Wildman–Crippen LogP) is 3.26. The summed E-state index contributed by atoms with van der Waals surface area (Å²) in [6.45, 7) is 2.96. The fraction of sp³-hybridized carbons (Fsp3) is 0.308. The van der Waals surface area contributed by atoms with Gasteiger partial charge in [-0.15, -0.1) is 0 Å². The highest BCUT2D eigenvalue weighted by Gasteiger charge is 2.20. The summed E-state index contributed by atoms with van der Waals surface area (Å²) in [6, 6.07) is 7.50. The molecule has 0 bridgehead atoms. The minimum atomic E-state index is -0.151. The van der Waals surface area contributed by atoms with E-state index in [1.165, 1.54) is 0 Å². The Hall–Kier alpha value is -0.880. The van der Waals surface area contributed by atoms with Crippen molar-refractivity contribution in [1.82, 2.24) is 15.2 Å². The molecule has 1 aromatic carbocycles. The van der Waals surface area contributed by atoms with Crippen molar-refractivity contribution in [2.45, 2.75) is 25.9 Å². The van der Waals surface area contributed by atoms with Gasteiger partial charge in [0.05, 0.1) is 22.4 Å². The fourth-order valence-corrected chi connectivity index (χ4v) is 2.79. The molecule has 0 saturated carbocycles. The summed E-state index contributed by atoms with van der Waals surface area (Å²) in [7, 11) is 0. The highest BCUT2D eigenvalue weighted by Crippen LogP contribution is 2.29. The van der Waals surface area contributed by atoms with Crippen molar-refractivity contribution < 1.29 is 0 Å². The van der Waals surface area contributed by atoms with Crippen LogP contribution in [0.1, 0.15) is 30.6 Å². The van der Waals surface area contributed by atoms with E-state index in [-0.39, 0.29) is 6.04 Å². The summed E-state index contributed by atoms with van der Waals surface area (Å²) < 4.78 is 2.89. The van der Waals surface area contributed by atoms with Crippen molar-refractivity contribution >= 4 is 27.5 Å². The van der Waals surface area contributed by atoms with Crippen LogP contribution in [0.2, 0.25) is 5.02 Å². The van der Waals surface area contributed by atoms with Crippen molar-refractivity contribution in [1.29, 1.82) is 0 Å². The van der Waals surface area contributed by atoms with Gasteiger partial charge in [-0.2, -0.15) is 5.10 Å². The minimum Gasteiger partial charge on any atom is -0.271 e. The predicted molar refractivity (Wildman–Crippen MR) is 80.8 cm³/mol. The smallest absolute Gasteiger partial charge is 0.0890 e. The summed E-state index contributed by atoms with van der Waals surface area (Å²) in [6.07, 6.45) is 2.80. The molecule has 1 unspecified atom stereocenters. The Morgan fingerprint density at radius 1 is 1.53 bits per heavy atom. The molecular weight excluding hydrogens is 328 g/mol. The highest BCUT2D eigenvalue weighted by molar-refractivity contribution is 9.10. The molecule has 0 aliphatic carbocycles. The van der Waals surface area contributed by atoms with Crippen LogP contribution in [0.5, 0.6) is 0 Å². The average Bonchev–Trinajstić information content (AvgIpc) is 2.74. The van der Waals surface area contributed by atoms with E-state index >= 15 is 0 Å². The maximum Gasteiger partial charge on any atom is 0.0890 e. The fourth-order valence-electron chi connectivity index (χ4n) is 2.07. The SMILES string of the molecule is CCCn1ncc(Br)c1C(NN)c1cccc(Cl)c1. The lowest BCUT2D eigenvalue weighted by Crippen LogP contribution is -2.31. The van der Waals surface area contributed by atoms with E-state index in [0.29, 0.717) is 5.02 Å². The Kier molecular flexibility index (Phi) is 4.99. The van der Waals surface area contributed by atoms with Crippen LogP contribution in [-0.4, -0.2) is 9.78 Å². The molecule has 6 heteroatoms. The normalized spacial score (nSPS) is 12.6. The standard InChI is InChI=1S/C13H16BrClN4/c1-2-6-19-13(11(14)8-17-19)12(18-16)9-4-3-5-10(15)7-9/h3-5,7-8,12,18H,2,6,16H2,1H3. The first-order chi connectivity index (χ1) is 9.17.